The van der Waals surface area contributed by atoms with Gasteiger partial charge < -0.3 is 20.1 Å². The van der Waals surface area contributed by atoms with Gasteiger partial charge in [0.05, 0.1) is 25.9 Å². The third kappa shape index (κ3) is 3.65. The van der Waals surface area contributed by atoms with Gasteiger partial charge in [0.2, 0.25) is 0 Å². The summed E-state index contributed by atoms with van der Waals surface area (Å²) in [6.45, 7) is 2.91. The number of ether oxygens (including phenoxy) is 1. The molecule has 0 radical (unpaired) electrons. The number of amides is 2. The molecule has 5 nitrogen and oxygen atoms in total. The van der Waals surface area contributed by atoms with Crippen molar-refractivity contribution in [2.45, 2.75) is 13.0 Å². The Hall–Kier alpha value is -1.66. The van der Waals surface area contributed by atoms with E-state index in [1.807, 2.05) is 0 Å². The molecule has 1 heterocycles. The molecule has 1 aromatic rings. The van der Waals surface area contributed by atoms with Crippen LogP contribution in [0.25, 0.3) is 0 Å². The molecule has 1 atom stereocenters. The van der Waals surface area contributed by atoms with Crippen molar-refractivity contribution in [3.8, 4) is 0 Å². The van der Waals surface area contributed by atoms with Crippen LogP contribution in [0.1, 0.15) is 5.56 Å². The second-order valence-electron chi connectivity index (χ2n) is 4.57. The average Bonchev–Trinajstić information content (AvgIpc) is 2.58. The van der Waals surface area contributed by atoms with Gasteiger partial charge in [0.15, 0.2) is 0 Å². The molecule has 1 saturated heterocycles. The van der Waals surface area contributed by atoms with Crippen LogP contribution in [-0.4, -0.2) is 48.4 Å². The fourth-order valence-electron chi connectivity index (χ4n) is 1.90. The number of carbonyl (C=O) groups is 1. The Kier molecular flexibility index (Phi) is 4.34. The first-order chi connectivity index (χ1) is 9.06. The maximum absolute atomic E-state index is 13.1. The van der Waals surface area contributed by atoms with Crippen molar-refractivity contribution < 1.29 is 19.0 Å². The highest BCUT2D eigenvalue weighted by atomic mass is 19.1. The number of halogens is 1. The number of nitrogens with one attached hydrogen (secondary N) is 1. The number of anilines is 1. The lowest BCUT2D eigenvalue weighted by Gasteiger charge is -2.21. The molecule has 1 aromatic carbocycles. The zero-order valence-electron chi connectivity index (χ0n) is 10.7. The van der Waals surface area contributed by atoms with Crippen LogP contribution in [0.3, 0.4) is 0 Å². The number of aryl methyl sites for hydroxylation is 1. The summed E-state index contributed by atoms with van der Waals surface area (Å²) < 4.78 is 18.3. The van der Waals surface area contributed by atoms with E-state index < -0.39 is 6.10 Å². The second kappa shape index (κ2) is 5.99. The van der Waals surface area contributed by atoms with Crippen LogP contribution in [0.15, 0.2) is 18.2 Å². The summed E-state index contributed by atoms with van der Waals surface area (Å²) in [6.07, 6.45) is -0.678. The number of aliphatic hydroxyl groups is 1. The van der Waals surface area contributed by atoms with E-state index in [0.717, 1.165) is 0 Å². The largest absolute Gasteiger partial charge is 0.389 e. The molecule has 0 saturated carbocycles. The minimum absolute atomic E-state index is 0.228. The third-order valence-electron chi connectivity index (χ3n) is 2.94. The maximum Gasteiger partial charge on any atom is 0.322 e. The zero-order chi connectivity index (χ0) is 13.8. The van der Waals surface area contributed by atoms with Crippen molar-refractivity contribution >= 4 is 11.7 Å². The first-order valence-electron chi connectivity index (χ1n) is 6.14. The molecule has 0 bridgehead atoms. The van der Waals surface area contributed by atoms with Crippen molar-refractivity contribution in [1.82, 2.24) is 4.90 Å². The highest BCUT2D eigenvalue weighted by molar-refractivity contribution is 5.89. The number of β-amino-alcohol motifs (C(OH)–C–C–N with tert-alkyl or cyclic N) is 1. The molecule has 6 heteroatoms. The van der Waals surface area contributed by atoms with Gasteiger partial charge >= 0.3 is 6.03 Å². The zero-order valence-corrected chi connectivity index (χ0v) is 10.7. The van der Waals surface area contributed by atoms with Gasteiger partial charge in [-0.3, -0.25) is 0 Å². The number of nitrogens with zero attached hydrogens (tertiary/aromatic N) is 1. The molecule has 0 unspecified atom stereocenters. The summed E-state index contributed by atoms with van der Waals surface area (Å²) in [5, 5.41) is 12.2. The lowest BCUT2D eigenvalue weighted by Crippen LogP contribution is -2.40. The Balaban J connectivity index is 2.01. The Labute approximate surface area is 111 Å². The molecular weight excluding hydrogens is 251 g/mol. The molecule has 0 aromatic heterocycles. The van der Waals surface area contributed by atoms with E-state index in [0.29, 0.717) is 24.4 Å². The summed E-state index contributed by atoms with van der Waals surface area (Å²) in [6, 6.07) is 4.06. The lowest BCUT2D eigenvalue weighted by molar-refractivity contribution is 0.0575. The topological polar surface area (TPSA) is 61.8 Å². The first-order valence-corrected chi connectivity index (χ1v) is 6.14. The van der Waals surface area contributed by atoms with Crippen LogP contribution in [0.4, 0.5) is 14.9 Å². The van der Waals surface area contributed by atoms with E-state index in [1.165, 1.54) is 17.0 Å². The van der Waals surface area contributed by atoms with Crippen molar-refractivity contribution in [3.05, 3.63) is 29.6 Å². The molecule has 1 aliphatic heterocycles. The van der Waals surface area contributed by atoms with Gasteiger partial charge in [0.1, 0.15) is 5.82 Å². The number of urea groups is 1. The van der Waals surface area contributed by atoms with Gasteiger partial charge in [-0.25, -0.2) is 9.18 Å². The standard InChI is InChI=1S/C13H17FN2O3/c1-9-6-10(2-3-12(9)14)15-13(18)16-4-5-19-8-11(17)7-16/h2-3,6,11,17H,4-5,7-8H2,1H3,(H,15,18)/t11-/m0/s1. The van der Waals surface area contributed by atoms with Gasteiger partial charge in [0.25, 0.3) is 0 Å². The van der Waals surface area contributed by atoms with Gasteiger partial charge in [-0.05, 0) is 30.7 Å². The van der Waals surface area contributed by atoms with E-state index in [4.69, 9.17) is 4.74 Å². The molecule has 1 aliphatic rings. The number of aliphatic hydroxyl groups excluding tert-OH is 1. The van der Waals surface area contributed by atoms with Gasteiger partial charge in [0, 0.05) is 12.2 Å². The van der Waals surface area contributed by atoms with Gasteiger partial charge in [-0.1, -0.05) is 0 Å². The quantitative estimate of drug-likeness (QED) is 0.808. The fourth-order valence-corrected chi connectivity index (χ4v) is 1.90. The molecular formula is C13H17FN2O3. The highest BCUT2D eigenvalue weighted by Crippen LogP contribution is 2.14. The third-order valence-corrected chi connectivity index (χ3v) is 2.94. The number of hydrogen-bond acceptors (Lipinski definition) is 3. The van der Waals surface area contributed by atoms with Gasteiger partial charge in [-0.15, -0.1) is 0 Å². The Morgan fingerprint density at radius 2 is 2.37 bits per heavy atom. The van der Waals surface area contributed by atoms with Crippen molar-refractivity contribution in [3.63, 3.8) is 0 Å². The summed E-state index contributed by atoms with van der Waals surface area (Å²) in [4.78, 5) is 13.5. The Bertz CT molecular complexity index is 467. The molecule has 0 aliphatic carbocycles. The monoisotopic (exact) mass is 268 g/mol. The van der Waals surface area contributed by atoms with E-state index in [2.05, 4.69) is 5.32 Å². The molecule has 0 spiro atoms. The highest BCUT2D eigenvalue weighted by Gasteiger charge is 2.20. The average molecular weight is 268 g/mol. The van der Waals surface area contributed by atoms with E-state index in [9.17, 15) is 14.3 Å². The number of rotatable bonds is 1. The molecule has 19 heavy (non-hydrogen) atoms. The normalized spacial score (nSPS) is 19.9. The predicted molar refractivity (Wildman–Crippen MR) is 68.6 cm³/mol. The number of carbonyl (C=O) groups excluding carboxylic acids is 1. The second-order valence-corrected chi connectivity index (χ2v) is 4.57. The molecule has 2 N–H and O–H groups in total. The van der Waals surface area contributed by atoms with E-state index in [-0.39, 0.29) is 25.0 Å². The summed E-state index contributed by atoms with van der Waals surface area (Å²) in [5.74, 6) is -0.309. The Morgan fingerprint density at radius 1 is 1.58 bits per heavy atom. The predicted octanol–water partition coefficient (Wildman–Crippen LogP) is 1.36. The van der Waals surface area contributed by atoms with Crippen molar-refractivity contribution in [2.75, 3.05) is 31.6 Å². The fraction of sp³-hybridized carbons (Fsp3) is 0.462. The van der Waals surface area contributed by atoms with E-state index >= 15 is 0 Å². The SMILES string of the molecule is Cc1cc(NC(=O)N2CCOC[C@@H](O)C2)ccc1F. The Morgan fingerprint density at radius 3 is 3.11 bits per heavy atom. The summed E-state index contributed by atoms with van der Waals surface area (Å²) in [5.41, 5.74) is 1.00. The van der Waals surface area contributed by atoms with E-state index in [1.54, 1.807) is 13.0 Å². The minimum atomic E-state index is -0.678. The van der Waals surface area contributed by atoms with Crippen LogP contribution >= 0.6 is 0 Å². The first kappa shape index (κ1) is 13.8. The lowest BCUT2D eigenvalue weighted by atomic mass is 10.2. The molecule has 2 rings (SSSR count). The van der Waals surface area contributed by atoms with Gasteiger partial charge in [-0.2, -0.15) is 0 Å². The number of benzene rings is 1. The molecule has 2 amide bonds. The summed E-state index contributed by atoms with van der Waals surface area (Å²) >= 11 is 0. The summed E-state index contributed by atoms with van der Waals surface area (Å²) in [7, 11) is 0. The maximum atomic E-state index is 13.1. The van der Waals surface area contributed by atoms with Crippen LogP contribution in [0, 0.1) is 12.7 Å². The van der Waals surface area contributed by atoms with Crippen molar-refractivity contribution in [1.29, 1.82) is 0 Å². The molecule has 1 fully saturated rings. The van der Waals surface area contributed by atoms with Crippen LogP contribution in [-0.2, 0) is 4.74 Å². The van der Waals surface area contributed by atoms with Crippen molar-refractivity contribution in [2.24, 2.45) is 0 Å². The molecule has 104 valence electrons. The number of hydrogen-bond donors (Lipinski definition) is 2. The minimum Gasteiger partial charge on any atom is -0.389 e. The van der Waals surface area contributed by atoms with Crippen LogP contribution < -0.4 is 5.32 Å². The van der Waals surface area contributed by atoms with Crippen LogP contribution in [0.2, 0.25) is 0 Å². The van der Waals surface area contributed by atoms with Crippen LogP contribution in [0.5, 0.6) is 0 Å². The smallest absolute Gasteiger partial charge is 0.322 e.